The Bertz CT molecular complexity index is 2490. The number of pyridine rings is 3. The minimum atomic E-state index is -4.02. The molecule has 1 aliphatic carbocycles. The van der Waals surface area contributed by atoms with Crippen molar-refractivity contribution in [1.29, 1.82) is 0 Å². The van der Waals surface area contributed by atoms with Crippen molar-refractivity contribution in [2.75, 3.05) is 19.5 Å². The zero-order chi connectivity index (χ0) is 37.7. The summed E-state index contributed by atoms with van der Waals surface area (Å²) in [4.78, 5) is 48.2. The van der Waals surface area contributed by atoms with Gasteiger partial charge in [0.1, 0.15) is 22.9 Å². The first-order chi connectivity index (χ1) is 25.5. The number of hydrogen-bond acceptors (Lipinski definition) is 10. The van der Waals surface area contributed by atoms with Gasteiger partial charge < -0.3 is 19.5 Å². The van der Waals surface area contributed by atoms with E-state index in [-0.39, 0.29) is 22.1 Å². The highest BCUT2D eigenvalue weighted by Crippen LogP contribution is 2.37. The molecule has 0 atom stereocenters. The molecule has 2 N–H and O–H groups in total. The lowest BCUT2D eigenvalue weighted by Gasteiger charge is -2.21. The van der Waals surface area contributed by atoms with Gasteiger partial charge in [-0.1, -0.05) is 35.9 Å². The fourth-order valence-corrected chi connectivity index (χ4v) is 6.26. The van der Waals surface area contributed by atoms with E-state index in [1.165, 1.54) is 29.0 Å². The molecule has 7 rings (SSSR count). The molecular weight excluding hydrogens is 701 g/mol. The number of carbonyl (C=O) groups excluding carboxylic acids is 2. The van der Waals surface area contributed by atoms with E-state index in [0.29, 0.717) is 70.1 Å². The summed E-state index contributed by atoms with van der Waals surface area (Å²) in [6.07, 6.45) is 4.68. The molecule has 0 fully saturated rings. The number of ether oxygens (including phenoxy) is 3. The topological polar surface area (TPSA) is 176 Å². The Kier molecular flexibility index (Phi) is 10.6. The van der Waals surface area contributed by atoms with Crippen LogP contribution in [0.1, 0.15) is 44.8 Å². The third kappa shape index (κ3) is 8.08. The molecule has 0 saturated heterocycles. The van der Waals surface area contributed by atoms with Crippen molar-refractivity contribution in [3.63, 3.8) is 0 Å². The van der Waals surface area contributed by atoms with Crippen LogP contribution in [0.25, 0.3) is 16.6 Å². The molecule has 13 nitrogen and oxygen atoms in total. The van der Waals surface area contributed by atoms with E-state index in [1.807, 2.05) is 13.0 Å². The van der Waals surface area contributed by atoms with Gasteiger partial charge in [0.2, 0.25) is 0 Å². The van der Waals surface area contributed by atoms with Gasteiger partial charge in [0, 0.05) is 41.0 Å². The lowest BCUT2D eigenvalue weighted by molar-refractivity contribution is 0.0971. The average Bonchev–Trinajstić information content (AvgIpc) is 3.15. The quantitative estimate of drug-likeness (QED) is 0.161. The van der Waals surface area contributed by atoms with Gasteiger partial charge in [-0.2, -0.15) is 8.42 Å². The summed E-state index contributed by atoms with van der Waals surface area (Å²) >= 11 is 0. The first kappa shape index (κ1) is 36.4. The van der Waals surface area contributed by atoms with Gasteiger partial charge in [0.05, 0.1) is 30.8 Å². The second-order valence-electron chi connectivity index (χ2n) is 11.9. The maximum Gasteiger partial charge on any atom is 0.294 e. The van der Waals surface area contributed by atoms with Crippen LogP contribution in [-0.2, 0) is 16.5 Å². The van der Waals surface area contributed by atoms with Crippen molar-refractivity contribution in [2.24, 2.45) is 0 Å². The lowest BCUT2D eigenvalue weighted by atomic mass is 9.92. The number of methoxy groups -OCH3 is 2. The van der Waals surface area contributed by atoms with Gasteiger partial charge in [-0.15, -0.1) is 0 Å². The van der Waals surface area contributed by atoms with Crippen LogP contribution in [0.15, 0.2) is 113 Å². The molecule has 0 aliphatic heterocycles. The summed E-state index contributed by atoms with van der Waals surface area (Å²) in [5.41, 5.74) is 2.60. The molecule has 53 heavy (non-hydrogen) atoms. The summed E-state index contributed by atoms with van der Waals surface area (Å²) in [5, 5.41) is 3.39. The molecule has 3 aromatic carbocycles. The van der Waals surface area contributed by atoms with E-state index in [9.17, 15) is 22.8 Å². The molecule has 3 heterocycles. The third-order valence-corrected chi connectivity index (χ3v) is 9.28. The number of carbonyl (C=O) groups is 2. The molecule has 6 aromatic rings. The Morgan fingerprint density at radius 3 is 2.23 bits per heavy atom. The Labute approximate surface area is 304 Å². The SMILES string of the molecule is COc1cc2nccc(Oc3ccc(NC(=O)c4cc5c(n(-c6ccccc6)c4=O)CCCC5=O)nc3)c2cc1OC.Cc1ccc(S(=O)(=O)O)cc1. The highest BCUT2D eigenvalue weighted by atomic mass is 32.2. The predicted molar refractivity (Wildman–Crippen MR) is 197 cm³/mol. The van der Waals surface area contributed by atoms with E-state index in [0.717, 1.165) is 5.56 Å². The first-order valence-electron chi connectivity index (χ1n) is 16.3. The van der Waals surface area contributed by atoms with Crippen molar-refractivity contribution in [1.82, 2.24) is 14.5 Å². The molecular formula is C39H34N4O9S. The van der Waals surface area contributed by atoms with Crippen LogP contribution in [0.4, 0.5) is 5.82 Å². The molecule has 3 aromatic heterocycles. The number of aryl methyl sites for hydroxylation is 1. The smallest absolute Gasteiger partial charge is 0.294 e. The number of ketones is 1. The van der Waals surface area contributed by atoms with Crippen LogP contribution in [0.3, 0.4) is 0 Å². The van der Waals surface area contributed by atoms with Gasteiger partial charge in [-0.25, -0.2) is 4.98 Å². The zero-order valence-corrected chi connectivity index (χ0v) is 29.7. The van der Waals surface area contributed by atoms with Crippen LogP contribution in [0.2, 0.25) is 0 Å². The van der Waals surface area contributed by atoms with Crippen molar-refractivity contribution in [3.8, 4) is 28.7 Å². The number of aromatic nitrogens is 3. The predicted octanol–water partition coefficient (Wildman–Crippen LogP) is 6.60. The molecule has 0 bridgehead atoms. The van der Waals surface area contributed by atoms with Crippen LogP contribution in [0.5, 0.6) is 23.0 Å². The summed E-state index contributed by atoms with van der Waals surface area (Å²) in [5.74, 6) is 1.50. The summed E-state index contributed by atoms with van der Waals surface area (Å²) < 4.78 is 47.9. The van der Waals surface area contributed by atoms with E-state index in [1.54, 1.807) is 87.1 Å². The summed E-state index contributed by atoms with van der Waals surface area (Å²) in [6, 6.07) is 24.9. The molecule has 0 spiro atoms. The van der Waals surface area contributed by atoms with Crippen LogP contribution < -0.4 is 25.1 Å². The number of para-hydroxylation sites is 1. The molecule has 270 valence electrons. The second-order valence-corrected chi connectivity index (χ2v) is 13.3. The average molecular weight is 735 g/mol. The standard InChI is InChI=1S/C32H26N4O6.C7H8O3S/c1-40-28-16-21-24(17-29(28)41-2)33-14-13-27(21)42-20-11-12-30(34-18-20)35-31(38)23-15-22-25(9-6-10-26(22)37)36(32(23)39)19-7-4-3-5-8-19;1-6-2-4-7(5-3-6)11(8,9)10/h3-5,7-8,11-18H,6,9-10H2,1-2H3,(H,34,35,38);2-5H,1H3,(H,8,9,10). The Hall–Kier alpha value is -6.38. The number of fused-ring (bicyclic) bond motifs is 2. The second kappa shape index (κ2) is 15.5. The van der Waals surface area contributed by atoms with Crippen molar-refractivity contribution < 1.29 is 36.8 Å². The molecule has 1 amide bonds. The first-order valence-corrected chi connectivity index (χ1v) is 17.8. The van der Waals surface area contributed by atoms with Gasteiger partial charge in [0.25, 0.3) is 21.6 Å². The van der Waals surface area contributed by atoms with E-state index in [4.69, 9.17) is 18.8 Å². The molecule has 14 heteroatoms. The van der Waals surface area contributed by atoms with E-state index < -0.39 is 21.6 Å². The number of hydrogen-bond donors (Lipinski definition) is 2. The number of anilines is 1. The van der Waals surface area contributed by atoms with Crippen LogP contribution >= 0.6 is 0 Å². The highest BCUT2D eigenvalue weighted by Gasteiger charge is 2.26. The van der Waals surface area contributed by atoms with Crippen molar-refractivity contribution in [2.45, 2.75) is 31.1 Å². The number of amides is 1. The van der Waals surface area contributed by atoms with E-state index in [2.05, 4.69) is 15.3 Å². The maximum atomic E-state index is 13.6. The minimum Gasteiger partial charge on any atom is -0.493 e. The zero-order valence-electron chi connectivity index (χ0n) is 28.9. The molecule has 0 unspecified atom stereocenters. The fourth-order valence-electron chi connectivity index (χ4n) is 5.78. The van der Waals surface area contributed by atoms with Gasteiger partial charge in [0.15, 0.2) is 17.3 Å². The van der Waals surface area contributed by atoms with Gasteiger partial charge in [-0.05, 0) is 74.4 Å². The third-order valence-electron chi connectivity index (χ3n) is 8.41. The number of rotatable bonds is 8. The maximum absolute atomic E-state index is 13.6. The largest absolute Gasteiger partial charge is 0.493 e. The van der Waals surface area contributed by atoms with Gasteiger partial charge >= 0.3 is 0 Å². The minimum absolute atomic E-state index is 0.0666. The van der Waals surface area contributed by atoms with Crippen molar-refractivity contribution in [3.05, 3.63) is 136 Å². The van der Waals surface area contributed by atoms with Crippen LogP contribution in [-0.4, -0.2) is 53.4 Å². The Balaban J connectivity index is 0.000000376. The number of benzene rings is 3. The monoisotopic (exact) mass is 734 g/mol. The lowest BCUT2D eigenvalue weighted by Crippen LogP contribution is -2.33. The highest BCUT2D eigenvalue weighted by molar-refractivity contribution is 7.85. The molecule has 1 aliphatic rings. The molecule has 0 radical (unpaired) electrons. The Morgan fingerprint density at radius 1 is 0.849 bits per heavy atom. The fraction of sp³-hybridized carbons (Fsp3) is 0.154. The van der Waals surface area contributed by atoms with E-state index >= 15 is 0 Å². The number of nitrogens with one attached hydrogen (secondary N) is 1. The molecule has 0 saturated carbocycles. The number of Topliss-reactive ketones (excluding diaryl/α,β-unsaturated/α-hetero) is 1. The van der Waals surface area contributed by atoms with Crippen molar-refractivity contribution >= 4 is 38.5 Å². The summed E-state index contributed by atoms with van der Waals surface area (Å²) in [7, 11) is -0.912. The normalized spacial score (nSPS) is 12.3. The Morgan fingerprint density at radius 2 is 1.57 bits per heavy atom. The summed E-state index contributed by atoms with van der Waals surface area (Å²) in [6.45, 7) is 1.84. The van der Waals surface area contributed by atoms with Crippen LogP contribution in [0, 0.1) is 6.92 Å². The number of nitrogens with zero attached hydrogens (tertiary/aromatic N) is 3. The van der Waals surface area contributed by atoms with Gasteiger partial charge in [-0.3, -0.25) is 28.5 Å².